The second-order valence-electron chi connectivity index (χ2n) is 7.17. The number of hydrogen-bond donors (Lipinski definition) is 1. The van der Waals surface area contributed by atoms with Crippen molar-refractivity contribution >= 4 is 10.9 Å². The van der Waals surface area contributed by atoms with Crippen molar-refractivity contribution in [2.75, 3.05) is 13.1 Å². The quantitative estimate of drug-likeness (QED) is 0.699. The fraction of sp³-hybridized carbons (Fsp3) is 0.318. The van der Waals surface area contributed by atoms with Crippen LogP contribution in [0.25, 0.3) is 10.9 Å². The molecule has 5 heteroatoms. The molecule has 2 aromatic carbocycles. The van der Waals surface area contributed by atoms with E-state index in [2.05, 4.69) is 16.0 Å². The molecule has 27 heavy (non-hydrogen) atoms. The van der Waals surface area contributed by atoms with Gasteiger partial charge in [-0.1, -0.05) is 12.1 Å². The van der Waals surface area contributed by atoms with Crippen molar-refractivity contribution in [3.63, 3.8) is 0 Å². The predicted molar refractivity (Wildman–Crippen MR) is 101 cm³/mol. The summed E-state index contributed by atoms with van der Waals surface area (Å²) in [5, 5.41) is 10.4. The summed E-state index contributed by atoms with van der Waals surface area (Å²) in [6.45, 7) is 2.64. The van der Waals surface area contributed by atoms with Gasteiger partial charge in [0.25, 0.3) is 0 Å². The average molecular weight is 365 g/mol. The molecular weight excluding hydrogens is 344 g/mol. The highest BCUT2D eigenvalue weighted by Crippen LogP contribution is 2.29. The van der Waals surface area contributed by atoms with E-state index in [9.17, 15) is 14.0 Å². The standard InChI is InChI=1S/C22H21F2N3/c23-17-5-3-15(4-6-17)16(13-25)2-1-10-27-11-9-22-20(14-27)19-12-18(24)7-8-21(19)26-22/h3-8,12,16,26H,1-2,9-11,14H2. The molecule has 138 valence electrons. The van der Waals surface area contributed by atoms with E-state index in [1.54, 1.807) is 24.3 Å². The number of nitrogens with one attached hydrogen (secondary N) is 1. The molecule has 1 atom stereocenters. The van der Waals surface area contributed by atoms with Crippen molar-refractivity contribution in [1.82, 2.24) is 9.88 Å². The second-order valence-corrected chi connectivity index (χ2v) is 7.17. The number of H-pyrrole nitrogens is 1. The molecule has 0 saturated heterocycles. The first-order valence-corrected chi connectivity index (χ1v) is 9.30. The number of aromatic amines is 1. The van der Waals surface area contributed by atoms with E-state index in [1.807, 2.05) is 0 Å². The Morgan fingerprint density at radius 2 is 1.89 bits per heavy atom. The van der Waals surface area contributed by atoms with Gasteiger partial charge in [-0.2, -0.15) is 5.26 Å². The third-order valence-corrected chi connectivity index (χ3v) is 5.41. The third-order valence-electron chi connectivity index (χ3n) is 5.41. The Hall–Kier alpha value is -2.71. The summed E-state index contributed by atoms with van der Waals surface area (Å²) in [6.07, 6.45) is 2.56. The van der Waals surface area contributed by atoms with Crippen molar-refractivity contribution in [3.05, 3.63) is 70.9 Å². The van der Waals surface area contributed by atoms with E-state index >= 15 is 0 Å². The van der Waals surface area contributed by atoms with Crippen LogP contribution in [0.1, 0.15) is 35.6 Å². The van der Waals surface area contributed by atoms with Gasteiger partial charge in [0.2, 0.25) is 0 Å². The van der Waals surface area contributed by atoms with Gasteiger partial charge in [0, 0.05) is 36.1 Å². The van der Waals surface area contributed by atoms with Crippen molar-refractivity contribution in [1.29, 1.82) is 5.26 Å². The molecule has 1 aliphatic heterocycles. The summed E-state index contributed by atoms with van der Waals surface area (Å²) in [5.41, 5.74) is 4.25. The molecule has 0 saturated carbocycles. The molecule has 0 aliphatic carbocycles. The Kier molecular flexibility index (Phi) is 4.91. The highest BCUT2D eigenvalue weighted by molar-refractivity contribution is 5.84. The van der Waals surface area contributed by atoms with Crippen LogP contribution in [0.2, 0.25) is 0 Å². The molecular formula is C22H21F2N3. The Bertz CT molecular complexity index is 985. The molecule has 1 N–H and O–H groups in total. The first-order valence-electron chi connectivity index (χ1n) is 9.30. The molecule has 1 aliphatic rings. The van der Waals surface area contributed by atoms with E-state index in [-0.39, 0.29) is 17.6 Å². The molecule has 3 nitrogen and oxygen atoms in total. The van der Waals surface area contributed by atoms with Crippen molar-refractivity contribution < 1.29 is 8.78 Å². The van der Waals surface area contributed by atoms with Crippen LogP contribution >= 0.6 is 0 Å². The topological polar surface area (TPSA) is 42.8 Å². The summed E-state index contributed by atoms with van der Waals surface area (Å²) in [5.74, 6) is -0.708. The third kappa shape index (κ3) is 3.72. The van der Waals surface area contributed by atoms with Gasteiger partial charge in [-0.05, 0) is 60.8 Å². The Morgan fingerprint density at radius 1 is 1.11 bits per heavy atom. The van der Waals surface area contributed by atoms with E-state index < -0.39 is 0 Å². The summed E-state index contributed by atoms with van der Waals surface area (Å²) in [7, 11) is 0. The zero-order valence-electron chi connectivity index (χ0n) is 15.0. The number of rotatable bonds is 5. The highest BCUT2D eigenvalue weighted by atomic mass is 19.1. The Balaban J connectivity index is 1.39. The van der Waals surface area contributed by atoms with Crippen LogP contribution in [0.15, 0.2) is 42.5 Å². The average Bonchev–Trinajstić information content (AvgIpc) is 3.03. The molecule has 1 unspecified atom stereocenters. The van der Waals surface area contributed by atoms with Gasteiger partial charge in [0.15, 0.2) is 0 Å². The Morgan fingerprint density at radius 3 is 2.67 bits per heavy atom. The van der Waals surface area contributed by atoms with E-state index in [4.69, 9.17) is 0 Å². The van der Waals surface area contributed by atoms with E-state index in [1.165, 1.54) is 29.5 Å². The number of benzene rings is 2. The lowest BCUT2D eigenvalue weighted by Crippen LogP contribution is -2.31. The minimum absolute atomic E-state index is 0.211. The van der Waals surface area contributed by atoms with Crippen molar-refractivity contribution in [2.24, 2.45) is 0 Å². The monoisotopic (exact) mass is 365 g/mol. The lowest BCUT2D eigenvalue weighted by Gasteiger charge is -2.27. The molecule has 1 aromatic heterocycles. The first-order chi connectivity index (χ1) is 13.1. The second kappa shape index (κ2) is 7.50. The molecule has 0 radical (unpaired) electrons. The number of fused-ring (bicyclic) bond motifs is 3. The molecule has 4 rings (SSSR count). The van der Waals surface area contributed by atoms with Crippen LogP contribution in [0.4, 0.5) is 8.78 Å². The SMILES string of the molecule is N#CC(CCCN1CCc2[nH]c3ccc(F)cc3c2C1)c1ccc(F)cc1. The van der Waals surface area contributed by atoms with Crippen molar-refractivity contribution in [3.8, 4) is 6.07 Å². The summed E-state index contributed by atoms with van der Waals surface area (Å²) in [6, 6.07) is 13.4. The van der Waals surface area contributed by atoms with Crippen LogP contribution in [-0.4, -0.2) is 23.0 Å². The van der Waals surface area contributed by atoms with Gasteiger partial charge >= 0.3 is 0 Å². The maximum atomic E-state index is 13.6. The van der Waals surface area contributed by atoms with Crippen molar-refractivity contribution in [2.45, 2.75) is 31.7 Å². The summed E-state index contributed by atoms with van der Waals surface area (Å²) in [4.78, 5) is 5.77. The summed E-state index contributed by atoms with van der Waals surface area (Å²) < 4.78 is 26.7. The van der Waals surface area contributed by atoms with Gasteiger partial charge in [0.05, 0.1) is 12.0 Å². The van der Waals surface area contributed by atoms with Gasteiger partial charge in [-0.15, -0.1) is 0 Å². The molecule has 0 fully saturated rings. The van der Waals surface area contributed by atoms with Crippen LogP contribution in [0.5, 0.6) is 0 Å². The zero-order valence-corrected chi connectivity index (χ0v) is 15.0. The fourth-order valence-electron chi connectivity index (χ4n) is 3.95. The van der Waals surface area contributed by atoms with Gasteiger partial charge in [-0.25, -0.2) is 8.78 Å². The Labute approximate surface area is 157 Å². The maximum absolute atomic E-state index is 13.6. The maximum Gasteiger partial charge on any atom is 0.123 e. The first kappa shape index (κ1) is 17.7. The van der Waals surface area contributed by atoms with Crippen LogP contribution < -0.4 is 0 Å². The number of nitrogens with zero attached hydrogens (tertiary/aromatic N) is 2. The lowest BCUT2D eigenvalue weighted by atomic mass is 9.95. The summed E-state index contributed by atoms with van der Waals surface area (Å²) >= 11 is 0. The number of hydrogen-bond acceptors (Lipinski definition) is 2. The minimum atomic E-state index is -0.283. The predicted octanol–water partition coefficient (Wildman–Crippen LogP) is 4.89. The highest BCUT2D eigenvalue weighted by Gasteiger charge is 2.21. The van der Waals surface area contributed by atoms with E-state index in [0.717, 1.165) is 55.4 Å². The van der Waals surface area contributed by atoms with Gasteiger partial charge in [0.1, 0.15) is 11.6 Å². The molecule has 3 aromatic rings. The minimum Gasteiger partial charge on any atom is -0.358 e. The molecule has 0 spiro atoms. The largest absolute Gasteiger partial charge is 0.358 e. The zero-order chi connectivity index (χ0) is 18.8. The van der Waals surface area contributed by atoms with Gasteiger partial charge in [-0.3, -0.25) is 4.90 Å². The van der Waals surface area contributed by atoms with E-state index in [0.29, 0.717) is 0 Å². The number of aromatic nitrogens is 1. The number of halogens is 2. The van der Waals surface area contributed by atoms with Crippen LogP contribution in [0.3, 0.4) is 0 Å². The lowest BCUT2D eigenvalue weighted by molar-refractivity contribution is 0.248. The number of nitriles is 1. The van der Waals surface area contributed by atoms with Gasteiger partial charge < -0.3 is 4.98 Å². The molecule has 0 bridgehead atoms. The molecule has 0 amide bonds. The normalized spacial score (nSPS) is 15.4. The van der Waals surface area contributed by atoms with Crippen LogP contribution in [0, 0.1) is 23.0 Å². The fourth-order valence-corrected chi connectivity index (χ4v) is 3.95. The molecule has 2 heterocycles. The smallest absolute Gasteiger partial charge is 0.123 e. The van der Waals surface area contributed by atoms with Crippen LogP contribution in [-0.2, 0) is 13.0 Å².